The van der Waals surface area contributed by atoms with Gasteiger partial charge in [0.15, 0.2) is 0 Å². The molecule has 0 fully saturated rings. The Morgan fingerprint density at radius 3 is 2.57 bits per heavy atom. The smallest absolute Gasteiger partial charge is 0.334 e. The fraction of sp³-hybridized carbons (Fsp3) is 0.240. The third-order valence-electron chi connectivity index (χ3n) is 5.81. The first-order chi connectivity index (χ1) is 16.7. The van der Waals surface area contributed by atoms with Crippen molar-refractivity contribution >= 4 is 17.2 Å². The van der Waals surface area contributed by atoms with Gasteiger partial charge in [0, 0.05) is 41.6 Å². The first-order valence-electron chi connectivity index (χ1n) is 11.0. The fourth-order valence-corrected chi connectivity index (χ4v) is 4.34. The number of carboxylic acid groups (broad SMARTS) is 1. The van der Waals surface area contributed by atoms with Crippen LogP contribution < -0.4 is 5.32 Å². The lowest BCUT2D eigenvalue weighted by Crippen LogP contribution is -2.28. The molecule has 35 heavy (non-hydrogen) atoms. The number of allylic oxidation sites excluding steroid dienone is 3. The van der Waals surface area contributed by atoms with Gasteiger partial charge in [0.2, 0.25) is 11.7 Å². The predicted molar refractivity (Wildman–Crippen MR) is 128 cm³/mol. The normalized spacial score (nSPS) is 15.9. The minimum atomic E-state index is -1.14. The maximum Gasteiger partial charge on any atom is 0.334 e. The van der Waals surface area contributed by atoms with E-state index in [1.54, 1.807) is 19.9 Å². The summed E-state index contributed by atoms with van der Waals surface area (Å²) in [6, 6.07) is 15.9. The number of nitrogens with one attached hydrogen (secondary N) is 1. The Labute approximate surface area is 201 Å². The van der Waals surface area contributed by atoms with Gasteiger partial charge in [-0.25, -0.2) is 4.79 Å². The number of aromatic nitrogens is 2. The molecule has 0 aliphatic carbocycles. The molecule has 10 heteroatoms. The molecule has 2 N–H and O–H groups in total. The topological polar surface area (TPSA) is 135 Å². The van der Waals surface area contributed by atoms with Crippen molar-refractivity contribution in [3.63, 3.8) is 0 Å². The Hall–Kier alpha value is -4.31. The number of hydrogen-bond acceptors (Lipinski definition) is 8. The van der Waals surface area contributed by atoms with Crippen LogP contribution in [0.5, 0.6) is 0 Å². The summed E-state index contributed by atoms with van der Waals surface area (Å²) in [6.45, 7) is 4.53. The highest BCUT2D eigenvalue weighted by Gasteiger charge is 2.36. The standard InChI is InChI=1S/C25H25N5O5/c1-15-21(24-27-20(35-28-24)14-29(3)13-17-8-5-4-6-9-17)23(22(25(31)32)16(2)26-15)18-10-7-11-19(12-18)30(33)34/h4-12,23,26H,13-14H2,1-3H3,(H,31,32). The quantitative estimate of drug-likeness (QED) is 0.365. The lowest BCUT2D eigenvalue weighted by atomic mass is 9.80. The molecule has 1 aliphatic heterocycles. The second kappa shape index (κ2) is 9.90. The van der Waals surface area contributed by atoms with Crippen LogP contribution in [0.1, 0.15) is 42.6 Å². The van der Waals surface area contributed by atoms with E-state index in [9.17, 15) is 20.0 Å². The zero-order valence-corrected chi connectivity index (χ0v) is 19.6. The molecule has 2 heterocycles. The number of aliphatic carboxylic acids is 1. The van der Waals surface area contributed by atoms with Crippen molar-refractivity contribution in [2.75, 3.05) is 7.05 Å². The van der Waals surface area contributed by atoms with Gasteiger partial charge < -0.3 is 14.9 Å². The van der Waals surface area contributed by atoms with Crippen molar-refractivity contribution in [1.82, 2.24) is 20.4 Å². The molecule has 10 nitrogen and oxygen atoms in total. The number of carboxylic acids is 1. The highest BCUT2D eigenvalue weighted by molar-refractivity contribution is 5.95. The molecular weight excluding hydrogens is 450 g/mol. The van der Waals surface area contributed by atoms with Crippen molar-refractivity contribution in [2.45, 2.75) is 32.9 Å². The van der Waals surface area contributed by atoms with Gasteiger partial charge in [0.05, 0.1) is 17.0 Å². The molecule has 1 unspecified atom stereocenters. The Balaban J connectivity index is 1.69. The van der Waals surface area contributed by atoms with E-state index in [-0.39, 0.29) is 17.1 Å². The summed E-state index contributed by atoms with van der Waals surface area (Å²) in [5, 5.41) is 28.6. The number of dihydropyridines is 1. The zero-order chi connectivity index (χ0) is 25.1. The van der Waals surface area contributed by atoms with Crippen molar-refractivity contribution in [1.29, 1.82) is 0 Å². The largest absolute Gasteiger partial charge is 0.478 e. The second-order valence-electron chi connectivity index (χ2n) is 8.46. The minimum absolute atomic E-state index is 0.0682. The van der Waals surface area contributed by atoms with Gasteiger partial charge in [0.25, 0.3) is 5.69 Å². The molecule has 3 aromatic rings. The third kappa shape index (κ3) is 5.12. The first-order valence-corrected chi connectivity index (χ1v) is 11.0. The average molecular weight is 476 g/mol. The van der Waals surface area contributed by atoms with E-state index in [4.69, 9.17) is 4.52 Å². The Kier molecular flexibility index (Phi) is 6.74. The van der Waals surface area contributed by atoms with Crippen LogP contribution in [0.3, 0.4) is 0 Å². The number of carbonyl (C=O) groups is 1. The summed E-state index contributed by atoms with van der Waals surface area (Å²) in [4.78, 5) is 29.7. The van der Waals surface area contributed by atoms with E-state index in [2.05, 4.69) is 15.5 Å². The zero-order valence-electron chi connectivity index (χ0n) is 19.6. The molecule has 1 aliphatic rings. The van der Waals surface area contributed by atoms with Gasteiger partial charge >= 0.3 is 5.97 Å². The molecule has 0 spiro atoms. The maximum atomic E-state index is 12.2. The SMILES string of the molecule is CC1=C(C(=O)O)C(c2cccc([N+](=O)[O-])c2)C(c2noc(CN(C)Cc3ccccc3)n2)=C(C)N1. The van der Waals surface area contributed by atoms with E-state index in [0.717, 1.165) is 5.56 Å². The molecule has 0 radical (unpaired) electrons. The van der Waals surface area contributed by atoms with Crippen LogP contribution in [0, 0.1) is 10.1 Å². The Morgan fingerprint density at radius 1 is 1.14 bits per heavy atom. The van der Waals surface area contributed by atoms with Crippen LogP contribution in [0.25, 0.3) is 5.57 Å². The number of nitro benzene ring substituents is 1. The molecule has 0 bridgehead atoms. The Bertz CT molecular complexity index is 1330. The molecule has 0 saturated heterocycles. The summed E-state index contributed by atoms with van der Waals surface area (Å²) in [5.74, 6) is -1.34. The lowest BCUT2D eigenvalue weighted by molar-refractivity contribution is -0.384. The molecular formula is C25H25N5O5. The van der Waals surface area contributed by atoms with E-state index >= 15 is 0 Å². The van der Waals surface area contributed by atoms with E-state index in [1.807, 2.05) is 42.3 Å². The minimum Gasteiger partial charge on any atom is -0.478 e. The van der Waals surface area contributed by atoms with Gasteiger partial charge in [-0.05, 0) is 32.0 Å². The molecule has 1 atom stereocenters. The van der Waals surface area contributed by atoms with Gasteiger partial charge in [-0.3, -0.25) is 15.0 Å². The van der Waals surface area contributed by atoms with Crippen LogP contribution in [-0.4, -0.2) is 38.1 Å². The molecule has 0 amide bonds. The van der Waals surface area contributed by atoms with Crippen LogP contribution in [0.15, 0.2) is 76.1 Å². The highest BCUT2D eigenvalue weighted by atomic mass is 16.6. The van der Waals surface area contributed by atoms with Gasteiger partial charge in [0.1, 0.15) is 0 Å². The van der Waals surface area contributed by atoms with Crippen molar-refractivity contribution in [3.8, 4) is 0 Å². The Morgan fingerprint density at radius 2 is 1.89 bits per heavy atom. The molecule has 4 rings (SSSR count). The summed E-state index contributed by atoms with van der Waals surface area (Å²) < 4.78 is 5.51. The molecule has 1 aromatic heterocycles. The van der Waals surface area contributed by atoms with Crippen LogP contribution >= 0.6 is 0 Å². The number of non-ortho nitro benzene ring substituents is 1. The monoisotopic (exact) mass is 475 g/mol. The van der Waals surface area contributed by atoms with Crippen molar-refractivity contribution in [2.24, 2.45) is 0 Å². The van der Waals surface area contributed by atoms with Gasteiger partial charge in [-0.1, -0.05) is 47.6 Å². The van der Waals surface area contributed by atoms with Gasteiger partial charge in [-0.15, -0.1) is 0 Å². The second-order valence-corrected chi connectivity index (χ2v) is 8.46. The van der Waals surface area contributed by atoms with E-state index in [1.165, 1.54) is 18.2 Å². The van der Waals surface area contributed by atoms with Crippen molar-refractivity contribution in [3.05, 3.63) is 105 Å². The number of nitro groups is 1. The van der Waals surface area contributed by atoms with Crippen LogP contribution in [-0.2, 0) is 17.9 Å². The molecule has 2 aromatic carbocycles. The summed E-state index contributed by atoms with van der Waals surface area (Å²) in [5.41, 5.74) is 3.13. The summed E-state index contributed by atoms with van der Waals surface area (Å²) in [6.07, 6.45) is 0. The number of nitrogens with zero attached hydrogens (tertiary/aromatic N) is 4. The van der Waals surface area contributed by atoms with E-state index < -0.39 is 16.8 Å². The highest BCUT2D eigenvalue weighted by Crippen LogP contribution is 2.43. The number of rotatable bonds is 8. The fourth-order valence-electron chi connectivity index (χ4n) is 4.34. The molecule has 0 saturated carbocycles. The molecule has 180 valence electrons. The van der Waals surface area contributed by atoms with Crippen molar-refractivity contribution < 1.29 is 19.3 Å². The number of hydrogen-bond donors (Lipinski definition) is 2. The summed E-state index contributed by atoms with van der Waals surface area (Å²) >= 11 is 0. The average Bonchev–Trinajstić information content (AvgIpc) is 3.26. The maximum absolute atomic E-state index is 12.2. The first kappa shape index (κ1) is 23.8. The number of benzene rings is 2. The summed E-state index contributed by atoms with van der Waals surface area (Å²) in [7, 11) is 1.93. The van der Waals surface area contributed by atoms with E-state index in [0.29, 0.717) is 41.5 Å². The van der Waals surface area contributed by atoms with Gasteiger partial charge in [-0.2, -0.15) is 4.98 Å². The van der Waals surface area contributed by atoms with Crippen LogP contribution in [0.4, 0.5) is 5.69 Å². The third-order valence-corrected chi connectivity index (χ3v) is 5.81. The van der Waals surface area contributed by atoms with Crippen LogP contribution in [0.2, 0.25) is 0 Å². The predicted octanol–water partition coefficient (Wildman–Crippen LogP) is 4.09. The lowest BCUT2D eigenvalue weighted by Gasteiger charge is -2.29.